The van der Waals surface area contributed by atoms with Crippen molar-refractivity contribution < 1.29 is 4.79 Å². The highest BCUT2D eigenvalue weighted by Crippen LogP contribution is 2.37. The van der Waals surface area contributed by atoms with Crippen molar-refractivity contribution in [3.63, 3.8) is 0 Å². The molecule has 0 radical (unpaired) electrons. The van der Waals surface area contributed by atoms with Crippen LogP contribution in [0.4, 0.5) is 0 Å². The van der Waals surface area contributed by atoms with Gasteiger partial charge < -0.3 is 10.6 Å². The third-order valence-corrected chi connectivity index (χ3v) is 4.45. The van der Waals surface area contributed by atoms with Crippen LogP contribution in [0.15, 0.2) is 0 Å². The molecule has 4 heteroatoms. The largest absolute Gasteiger partial charge is 0.341 e. The van der Waals surface area contributed by atoms with Gasteiger partial charge in [0.15, 0.2) is 0 Å². The molecule has 3 nitrogen and oxygen atoms in total. The lowest BCUT2D eigenvalue weighted by Gasteiger charge is -2.31. The monoisotopic (exact) mass is 276 g/mol. The predicted molar refractivity (Wildman–Crippen MR) is 78.9 cm³/mol. The first-order valence-electron chi connectivity index (χ1n) is 6.80. The summed E-state index contributed by atoms with van der Waals surface area (Å²) in [7, 11) is 0. The van der Waals surface area contributed by atoms with E-state index in [-0.39, 0.29) is 29.8 Å². The Morgan fingerprint density at radius 3 is 2.17 bits per heavy atom. The van der Waals surface area contributed by atoms with Crippen LogP contribution >= 0.6 is 12.4 Å². The average Bonchev–Trinajstić information content (AvgIpc) is 2.71. The molecule has 1 saturated heterocycles. The molecule has 0 unspecified atom stereocenters. The van der Waals surface area contributed by atoms with Crippen LogP contribution in [0.2, 0.25) is 0 Å². The number of rotatable bonds is 3. The van der Waals surface area contributed by atoms with Gasteiger partial charge in [0.2, 0.25) is 5.91 Å². The fourth-order valence-electron chi connectivity index (χ4n) is 2.52. The number of halogens is 1. The highest BCUT2D eigenvalue weighted by molar-refractivity contribution is 5.85. The molecule has 108 valence electrons. The number of nitrogens with zero attached hydrogens (tertiary/aromatic N) is 1. The Kier molecular flexibility index (Phi) is 6.15. The van der Waals surface area contributed by atoms with Gasteiger partial charge in [-0.1, -0.05) is 34.6 Å². The minimum atomic E-state index is -0.382. The van der Waals surface area contributed by atoms with Gasteiger partial charge >= 0.3 is 0 Å². The first-order valence-corrected chi connectivity index (χ1v) is 6.80. The van der Waals surface area contributed by atoms with Gasteiger partial charge in [0.25, 0.3) is 0 Å². The molecular weight excluding hydrogens is 248 g/mol. The first kappa shape index (κ1) is 17.7. The third-order valence-electron chi connectivity index (χ3n) is 4.45. The van der Waals surface area contributed by atoms with Gasteiger partial charge in [-0.05, 0) is 30.1 Å². The van der Waals surface area contributed by atoms with Crippen molar-refractivity contribution >= 4 is 18.3 Å². The smallest absolute Gasteiger partial charge is 0.240 e. The Labute approximate surface area is 118 Å². The van der Waals surface area contributed by atoms with Gasteiger partial charge in [-0.2, -0.15) is 0 Å². The van der Waals surface area contributed by atoms with Gasteiger partial charge in [0.05, 0.1) is 6.04 Å². The quantitative estimate of drug-likeness (QED) is 0.862. The Bertz CT molecular complexity index is 282. The number of likely N-dealkylation sites (tertiary alicyclic amines) is 1. The summed E-state index contributed by atoms with van der Waals surface area (Å²) in [6.07, 6.45) is 3.43. The maximum Gasteiger partial charge on any atom is 0.240 e. The van der Waals surface area contributed by atoms with E-state index in [9.17, 15) is 4.79 Å². The van der Waals surface area contributed by atoms with Crippen molar-refractivity contribution in [2.75, 3.05) is 13.1 Å². The van der Waals surface area contributed by atoms with Gasteiger partial charge in [0.1, 0.15) is 0 Å². The summed E-state index contributed by atoms with van der Waals surface area (Å²) < 4.78 is 0. The van der Waals surface area contributed by atoms with Crippen LogP contribution in [0.3, 0.4) is 0 Å². The zero-order valence-corrected chi connectivity index (χ0v) is 13.3. The molecule has 1 heterocycles. The highest BCUT2D eigenvalue weighted by Gasteiger charge is 2.40. The van der Waals surface area contributed by atoms with E-state index in [1.54, 1.807) is 0 Å². The zero-order chi connectivity index (χ0) is 13.3. The fourth-order valence-corrected chi connectivity index (χ4v) is 2.52. The van der Waals surface area contributed by atoms with Gasteiger partial charge in [-0.3, -0.25) is 4.79 Å². The molecule has 1 fully saturated rings. The third kappa shape index (κ3) is 3.61. The Morgan fingerprint density at radius 1 is 1.33 bits per heavy atom. The average molecular weight is 277 g/mol. The Morgan fingerprint density at radius 2 is 1.83 bits per heavy atom. The second-order valence-corrected chi connectivity index (χ2v) is 6.56. The van der Waals surface area contributed by atoms with Crippen molar-refractivity contribution in [3.8, 4) is 0 Å². The van der Waals surface area contributed by atoms with Crippen molar-refractivity contribution in [2.45, 2.75) is 59.9 Å². The van der Waals surface area contributed by atoms with Crippen LogP contribution in [0.5, 0.6) is 0 Å². The van der Waals surface area contributed by atoms with Gasteiger partial charge in [0, 0.05) is 13.1 Å². The fraction of sp³-hybridized carbons (Fsp3) is 0.929. The maximum atomic E-state index is 12.3. The summed E-state index contributed by atoms with van der Waals surface area (Å²) in [5.74, 6) is 0.126. The Balaban J connectivity index is 0.00000289. The van der Waals surface area contributed by atoms with E-state index in [0.717, 1.165) is 32.4 Å². The van der Waals surface area contributed by atoms with E-state index in [0.29, 0.717) is 5.41 Å². The summed E-state index contributed by atoms with van der Waals surface area (Å²) in [5.41, 5.74) is 6.24. The molecule has 1 amide bonds. The molecule has 1 atom stereocenters. The summed E-state index contributed by atoms with van der Waals surface area (Å²) in [4.78, 5) is 14.3. The van der Waals surface area contributed by atoms with E-state index in [1.165, 1.54) is 0 Å². The number of hydrogen-bond donors (Lipinski definition) is 1. The van der Waals surface area contributed by atoms with E-state index in [4.69, 9.17) is 5.73 Å². The molecular formula is C14H29ClN2O. The van der Waals surface area contributed by atoms with E-state index in [2.05, 4.69) is 13.8 Å². The number of amides is 1. The molecule has 2 N–H and O–H groups in total. The molecule has 0 aromatic carbocycles. The Hall–Kier alpha value is -0.280. The molecule has 0 spiro atoms. The van der Waals surface area contributed by atoms with Crippen LogP contribution in [-0.4, -0.2) is 29.9 Å². The van der Waals surface area contributed by atoms with Gasteiger partial charge in [-0.15, -0.1) is 12.4 Å². The van der Waals surface area contributed by atoms with Crippen LogP contribution in [0.25, 0.3) is 0 Å². The normalized spacial score (nSPS) is 20.4. The molecule has 1 aliphatic rings. The molecule has 1 aliphatic heterocycles. The SMILES string of the molecule is CCC1(CC)CCN(C(=O)[C@@H](N)C(C)(C)C)C1.Cl. The van der Waals surface area contributed by atoms with Crippen LogP contribution in [0.1, 0.15) is 53.9 Å². The van der Waals surface area contributed by atoms with Crippen molar-refractivity contribution in [2.24, 2.45) is 16.6 Å². The molecule has 0 bridgehead atoms. The second-order valence-electron chi connectivity index (χ2n) is 6.56. The lowest BCUT2D eigenvalue weighted by atomic mass is 9.82. The van der Waals surface area contributed by atoms with E-state index < -0.39 is 0 Å². The molecule has 0 aromatic heterocycles. The maximum absolute atomic E-state index is 12.3. The summed E-state index contributed by atoms with van der Waals surface area (Å²) in [6, 6.07) is -0.382. The van der Waals surface area contributed by atoms with Crippen LogP contribution in [0, 0.1) is 10.8 Å². The minimum Gasteiger partial charge on any atom is -0.341 e. The number of carbonyl (C=O) groups excluding carboxylic acids is 1. The number of carbonyl (C=O) groups is 1. The first-order chi connectivity index (χ1) is 7.75. The minimum absolute atomic E-state index is 0. The lowest BCUT2D eigenvalue weighted by molar-refractivity contribution is -0.134. The van der Waals surface area contributed by atoms with E-state index >= 15 is 0 Å². The lowest BCUT2D eigenvalue weighted by Crippen LogP contribution is -2.50. The molecule has 1 rings (SSSR count). The second kappa shape index (κ2) is 6.25. The van der Waals surface area contributed by atoms with Crippen LogP contribution in [-0.2, 0) is 4.79 Å². The van der Waals surface area contributed by atoms with Crippen LogP contribution < -0.4 is 5.73 Å². The standard InChI is InChI=1S/C14H28N2O.ClH/c1-6-14(7-2)8-9-16(10-14)12(17)11(15)13(3,4)5;/h11H,6-10,15H2,1-5H3;1H/t11-;/m1./s1. The topological polar surface area (TPSA) is 46.3 Å². The molecule has 0 aromatic rings. The summed E-state index contributed by atoms with van der Waals surface area (Å²) in [6.45, 7) is 12.3. The summed E-state index contributed by atoms with van der Waals surface area (Å²) in [5, 5.41) is 0. The van der Waals surface area contributed by atoms with Crippen molar-refractivity contribution in [3.05, 3.63) is 0 Å². The predicted octanol–water partition coefficient (Wildman–Crippen LogP) is 2.82. The van der Waals surface area contributed by atoms with Crippen molar-refractivity contribution in [1.29, 1.82) is 0 Å². The number of hydrogen-bond acceptors (Lipinski definition) is 2. The zero-order valence-electron chi connectivity index (χ0n) is 12.5. The number of nitrogens with two attached hydrogens (primary N) is 1. The van der Waals surface area contributed by atoms with Gasteiger partial charge in [-0.25, -0.2) is 0 Å². The molecule has 0 aliphatic carbocycles. The van der Waals surface area contributed by atoms with E-state index in [1.807, 2.05) is 25.7 Å². The summed E-state index contributed by atoms with van der Waals surface area (Å²) >= 11 is 0. The van der Waals surface area contributed by atoms with Crippen molar-refractivity contribution in [1.82, 2.24) is 4.90 Å². The molecule has 0 saturated carbocycles. The molecule has 18 heavy (non-hydrogen) atoms. The highest BCUT2D eigenvalue weighted by atomic mass is 35.5.